The SMILES string of the molecule is CCOC(=O)CC1(C2=C(O)CC(C)(C)CC2=O)CC1. The van der Waals surface area contributed by atoms with E-state index in [2.05, 4.69) is 0 Å². The van der Waals surface area contributed by atoms with Crippen LogP contribution in [0.1, 0.15) is 52.9 Å². The van der Waals surface area contributed by atoms with Gasteiger partial charge in [-0.2, -0.15) is 0 Å². The summed E-state index contributed by atoms with van der Waals surface area (Å²) in [5, 5.41) is 10.2. The lowest BCUT2D eigenvalue weighted by atomic mass is 9.72. The van der Waals surface area contributed by atoms with Gasteiger partial charge < -0.3 is 9.84 Å². The number of carbonyl (C=O) groups excluding carboxylic acids is 2. The number of Topliss-reactive ketones (excluding diaryl/α,β-unsaturated/α-hetero) is 1. The molecule has 0 unspecified atom stereocenters. The summed E-state index contributed by atoms with van der Waals surface area (Å²) in [5.74, 6) is -0.100. The van der Waals surface area contributed by atoms with Gasteiger partial charge >= 0.3 is 5.97 Å². The molecular formula is C15H22O4. The van der Waals surface area contributed by atoms with Crippen LogP contribution in [-0.2, 0) is 14.3 Å². The number of ketones is 1. The summed E-state index contributed by atoms with van der Waals surface area (Å²) >= 11 is 0. The average molecular weight is 266 g/mol. The summed E-state index contributed by atoms with van der Waals surface area (Å²) in [6, 6.07) is 0. The summed E-state index contributed by atoms with van der Waals surface area (Å²) in [6.07, 6.45) is 2.75. The van der Waals surface area contributed by atoms with E-state index in [1.54, 1.807) is 6.92 Å². The van der Waals surface area contributed by atoms with Crippen LogP contribution < -0.4 is 0 Å². The first kappa shape index (κ1) is 14.1. The van der Waals surface area contributed by atoms with E-state index >= 15 is 0 Å². The molecule has 0 radical (unpaired) electrons. The number of aliphatic hydroxyl groups excluding tert-OH is 1. The standard InChI is InChI=1S/C15H22O4/c1-4-19-12(18)9-15(5-6-15)13-10(16)7-14(2,3)8-11(13)17/h16H,4-9H2,1-3H3. The maximum atomic E-state index is 12.3. The normalized spacial score (nSPS) is 24.3. The lowest BCUT2D eigenvalue weighted by Crippen LogP contribution is -2.30. The minimum Gasteiger partial charge on any atom is -0.512 e. The van der Waals surface area contributed by atoms with Crippen molar-refractivity contribution in [2.45, 2.75) is 52.9 Å². The first-order valence-corrected chi connectivity index (χ1v) is 6.91. The van der Waals surface area contributed by atoms with Crippen LogP contribution in [0.25, 0.3) is 0 Å². The molecule has 0 aromatic rings. The fraction of sp³-hybridized carbons (Fsp3) is 0.733. The molecule has 1 fully saturated rings. The highest BCUT2D eigenvalue weighted by Crippen LogP contribution is 2.58. The van der Waals surface area contributed by atoms with E-state index in [1.165, 1.54) is 0 Å². The lowest BCUT2D eigenvalue weighted by Gasteiger charge is -2.32. The smallest absolute Gasteiger partial charge is 0.306 e. The number of esters is 1. The van der Waals surface area contributed by atoms with Crippen LogP contribution >= 0.6 is 0 Å². The third-order valence-corrected chi connectivity index (χ3v) is 4.02. The van der Waals surface area contributed by atoms with Crippen LogP contribution in [0.4, 0.5) is 0 Å². The van der Waals surface area contributed by atoms with Crippen LogP contribution in [-0.4, -0.2) is 23.5 Å². The summed E-state index contributed by atoms with van der Waals surface area (Å²) in [7, 11) is 0. The number of hydrogen-bond acceptors (Lipinski definition) is 4. The Morgan fingerprint density at radius 3 is 2.42 bits per heavy atom. The van der Waals surface area contributed by atoms with E-state index < -0.39 is 5.41 Å². The van der Waals surface area contributed by atoms with Crippen molar-refractivity contribution in [2.75, 3.05) is 6.61 Å². The van der Waals surface area contributed by atoms with Crippen molar-refractivity contribution in [3.63, 3.8) is 0 Å². The predicted molar refractivity (Wildman–Crippen MR) is 70.6 cm³/mol. The van der Waals surface area contributed by atoms with Crippen molar-refractivity contribution in [1.82, 2.24) is 0 Å². The quantitative estimate of drug-likeness (QED) is 0.795. The average Bonchev–Trinajstić information content (AvgIpc) is 2.94. The zero-order chi connectivity index (χ0) is 14.3. The second-order valence-electron chi connectivity index (χ2n) is 6.52. The molecule has 0 spiro atoms. The van der Waals surface area contributed by atoms with Crippen LogP contribution in [0, 0.1) is 10.8 Å². The molecule has 1 N–H and O–H groups in total. The summed E-state index contributed by atoms with van der Waals surface area (Å²) in [6.45, 7) is 6.06. The number of aliphatic hydroxyl groups is 1. The van der Waals surface area contributed by atoms with Crippen molar-refractivity contribution in [3.8, 4) is 0 Å². The molecule has 2 rings (SSSR count). The van der Waals surface area contributed by atoms with E-state index in [9.17, 15) is 14.7 Å². The Morgan fingerprint density at radius 1 is 1.32 bits per heavy atom. The van der Waals surface area contributed by atoms with Gasteiger partial charge in [-0.1, -0.05) is 13.8 Å². The molecule has 19 heavy (non-hydrogen) atoms. The van der Waals surface area contributed by atoms with Gasteiger partial charge in [-0.05, 0) is 25.2 Å². The first-order chi connectivity index (χ1) is 8.80. The zero-order valence-corrected chi connectivity index (χ0v) is 11.9. The highest BCUT2D eigenvalue weighted by Gasteiger charge is 2.53. The van der Waals surface area contributed by atoms with E-state index in [4.69, 9.17) is 4.74 Å². The first-order valence-electron chi connectivity index (χ1n) is 6.91. The monoisotopic (exact) mass is 266 g/mol. The lowest BCUT2D eigenvalue weighted by molar-refractivity contribution is -0.144. The molecule has 0 aliphatic heterocycles. The van der Waals surface area contributed by atoms with Crippen LogP contribution in [0.5, 0.6) is 0 Å². The molecule has 0 saturated heterocycles. The van der Waals surface area contributed by atoms with Crippen molar-refractivity contribution < 1.29 is 19.4 Å². The Hall–Kier alpha value is -1.32. The Balaban J connectivity index is 2.21. The molecule has 4 nitrogen and oxygen atoms in total. The highest BCUT2D eigenvalue weighted by molar-refractivity contribution is 5.99. The van der Waals surface area contributed by atoms with Gasteiger partial charge in [-0.3, -0.25) is 9.59 Å². The Bertz CT molecular complexity index is 441. The Kier molecular flexibility index (Phi) is 3.45. The van der Waals surface area contributed by atoms with Gasteiger partial charge in [0.25, 0.3) is 0 Å². The van der Waals surface area contributed by atoms with Crippen LogP contribution in [0.2, 0.25) is 0 Å². The third kappa shape index (κ3) is 2.82. The molecule has 0 bridgehead atoms. The predicted octanol–water partition coefficient (Wildman–Crippen LogP) is 2.92. The molecule has 0 amide bonds. The molecular weight excluding hydrogens is 244 g/mol. The topological polar surface area (TPSA) is 63.6 Å². The molecule has 1 saturated carbocycles. The Morgan fingerprint density at radius 2 is 1.95 bits per heavy atom. The van der Waals surface area contributed by atoms with E-state index in [0.717, 1.165) is 12.8 Å². The van der Waals surface area contributed by atoms with Gasteiger partial charge in [0.2, 0.25) is 0 Å². The molecule has 106 valence electrons. The highest BCUT2D eigenvalue weighted by atomic mass is 16.5. The Labute approximate surface area is 113 Å². The molecule has 4 heteroatoms. The number of carbonyl (C=O) groups is 2. The van der Waals surface area contributed by atoms with Crippen molar-refractivity contribution in [3.05, 3.63) is 11.3 Å². The second kappa shape index (κ2) is 4.66. The number of hydrogen-bond donors (Lipinski definition) is 1. The van der Waals surface area contributed by atoms with Gasteiger partial charge in [-0.15, -0.1) is 0 Å². The summed E-state index contributed by atoms with van der Waals surface area (Å²) in [5.41, 5.74) is -0.130. The fourth-order valence-corrected chi connectivity index (χ4v) is 3.04. The zero-order valence-electron chi connectivity index (χ0n) is 11.9. The maximum absolute atomic E-state index is 12.3. The number of ether oxygens (including phenoxy) is 1. The van der Waals surface area contributed by atoms with Crippen LogP contribution in [0.3, 0.4) is 0 Å². The summed E-state index contributed by atoms with van der Waals surface area (Å²) in [4.78, 5) is 23.9. The van der Waals surface area contributed by atoms with Gasteiger partial charge in [-0.25, -0.2) is 0 Å². The van der Waals surface area contributed by atoms with E-state index in [0.29, 0.717) is 25.0 Å². The largest absolute Gasteiger partial charge is 0.512 e. The van der Waals surface area contributed by atoms with Crippen molar-refractivity contribution >= 4 is 11.8 Å². The van der Waals surface area contributed by atoms with Gasteiger partial charge in [0.15, 0.2) is 5.78 Å². The third-order valence-electron chi connectivity index (χ3n) is 4.02. The minimum absolute atomic E-state index is 0.00412. The summed E-state index contributed by atoms with van der Waals surface area (Å²) < 4.78 is 4.97. The molecule has 0 aromatic carbocycles. The van der Waals surface area contributed by atoms with E-state index in [-0.39, 0.29) is 29.3 Å². The fourth-order valence-electron chi connectivity index (χ4n) is 3.04. The van der Waals surface area contributed by atoms with Crippen molar-refractivity contribution in [1.29, 1.82) is 0 Å². The molecule has 2 aliphatic carbocycles. The number of rotatable bonds is 4. The van der Waals surface area contributed by atoms with E-state index in [1.807, 2.05) is 13.8 Å². The van der Waals surface area contributed by atoms with Crippen LogP contribution in [0.15, 0.2) is 11.3 Å². The molecule has 0 atom stereocenters. The van der Waals surface area contributed by atoms with Crippen molar-refractivity contribution in [2.24, 2.45) is 10.8 Å². The van der Waals surface area contributed by atoms with Gasteiger partial charge in [0, 0.05) is 23.8 Å². The maximum Gasteiger partial charge on any atom is 0.306 e. The minimum atomic E-state index is -0.441. The van der Waals surface area contributed by atoms with Gasteiger partial charge in [0.1, 0.15) is 5.76 Å². The molecule has 0 heterocycles. The second-order valence-corrected chi connectivity index (χ2v) is 6.52. The van der Waals surface area contributed by atoms with Gasteiger partial charge in [0.05, 0.1) is 13.0 Å². The molecule has 2 aliphatic rings. The molecule has 0 aromatic heterocycles. The number of allylic oxidation sites excluding steroid dienone is 2.